The van der Waals surface area contributed by atoms with Crippen LogP contribution in [0, 0.1) is 0 Å². The quantitative estimate of drug-likeness (QED) is 0.725. The lowest BCUT2D eigenvalue weighted by atomic mass is 10.1. The summed E-state index contributed by atoms with van der Waals surface area (Å²) in [6, 6.07) is 14.3. The minimum atomic E-state index is 0.647. The Bertz CT molecular complexity index is 754. The Hall–Kier alpha value is -1.88. The van der Waals surface area contributed by atoms with Crippen LogP contribution in [-0.4, -0.2) is 33.9 Å². The largest absolute Gasteiger partial charge is 0.329 e. The number of benzene rings is 1. The molecule has 3 rings (SSSR count). The number of aromatic nitrogens is 2. The van der Waals surface area contributed by atoms with Gasteiger partial charge in [0.05, 0.1) is 10.7 Å². The molecular weight excluding hydrogens is 308 g/mol. The predicted octanol–water partition coefficient (Wildman–Crippen LogP) is 2.99. The molecule has 1 aromatic carbocycles. The third-order valence-electron chi connectivity index (χ3n) is 3.86. The Balaban J connectivity index is 1.67. The normalized spacial score (nSPS) is 11.4. The van der Waals surface area contributed by atoms with Crippen molar-refractivity contribution in [2.24, 2.45) is 5.73 Å². The highest BCUT2D eigenvalue weighted by Gasteiger charge is 2.09. The summed E-state index contributed by atoms with van der Waals surface area (Å²) in [6.07, 6.45) is 4.93. The summed E-state index contributed by atoms with van der Waals surface area (Å²) >= 11 is 6.03. The second kappa shape index (κ2) is 7.59. The fourth-order valence-electron chi connectivity index (χ4n) is 2.71. The highest BCUT2D eigenvalue weighted by molar-refractivity contribution is 6.30. The van der Waals surface area contributed by atoms with Gasteiger partial charge in [-0.25, -0.2) is 4.98 Å². The van der Waals surface area contributed by atoms with E-state index >= 15 is 0 Å². The van der Waals surface area contributed by atoms with Crippen LogP contribution in [0.2, 0.25) is 5.02 Å². The Morgan fingerprint density at radius 3 is 2.65 bits per heavy atom. The zero-order chi connectivity index (χ0) is 16.1. The van der Waals surface area contributed by atoms with Crippen molar-refractivity contribution >= 4 is 17.2 Å². The van der Waals surface area contributed by atoms with Gasteiger partial charge in [0.25, 0.3) is 0 Å². The van der Waals surface area contributed by atoms with Gasteiger partial charge in [0, 0.05) is 38.6 Å². The number of rotatable bonds is 7. The first kappa shape index (κ1) is 16.0. The summed E-state index contributed by atoms with van der Waals surface area (Å²) in [4.78, 5) is 7.00. The topological polar surface area (TPSA) is 46.6 Å². The van der Waals surface area contributed by atoms with Gasteiger partial charge in [-0.3, -0.25) is 4.90 Å². The fraction of sp³-hybridized carbons (Fsp3) is 0.278. The molecule has 0 unspecified atom stereocenters. The molecule has 0 saturated carbocycles. The Labute approximate surface area is 141 Å². The van der Waals surface area contributed by atoms with Gasteiger partial charge in [0.2, 0.25) is 0 Å². The zero-order valence-corrected chi connectivity index (χ0v) is 13.8. The van der Waals surface area contributed by atoms with E-state index in [0.717, 1.165) is 37.4 Å². The monoisotopic (exact) mass is 328 g/mol. The van der Waals surface area contributed by atoms with Crippen LogP contribution < -0.4 is 5.73 Å². The first-order chi connectivity index (χ1) is 11.2. The summed E-state index contributed by atoms with van der Waals surface area (Å²) in [5, 5.41) is 0.712. The van der Waals surface area contributed by atoms with Crippen molar-refractivity contribution in [1.82, 2.24) is 14.3 Å². The van der Waals surface area contributed by atoms with Gasteiger partial charge in [-0.2, -0.15) is 0 Å². The zero-order valence-electron chi connectivity index (χ0n) is 13.0. The van der Waals surface area contributed by atoms with Crippen LogP contribution in [0.15, 0.2) is 54.9 Å². The molecule has 0 aliphatic heterocycles. The average molecular weight is 329 g/mol. The Morgan fingerprint density at radius 2 is 1.87 bits per heavy atom. The number of fused-ring (bicyclic) bond motifs is 1. The van der Waals surface area contributed by atoms with Gasteiger partial charge < -0.3 is 10.1 Å². The summed E-state index contributed by atoms with van der Waals surface area (Å²) in [6.45, 7) is 3.27. The summed E-state index contributed by atoms with van der Waals surface area (Å²) in [5.41, 5.74) is 9.06. The van der Waals surface area contributed by atoms with Gasteiger partial charge in [-0.1, -0.05) is 41.9 Å². The van der Waals surface area contributed by atoms with E-state index in [9.17, 15) is 0 Å². The number of hydrogen-bond donors (Lipinski definition) is 1. The molecule has 120 valence electrons. The van der Waals surface area contributed by atoms with Gasteiger partial charge in [-0.15, -0.1) is 0 Å². The summed E-state index contributed by atoms with van der Waals surface area (Å²) in [7, 11) is 0. The van der Waals surface area contributed by atoms with E-state index in [4.69, 9.17) is 17.3 Å². The Kier molecular flexibility index (Phi) is 5.28. The second-order valence-corrected chi connectivity index (χ2v) is 6.08. The molecule has 0 aliphatic rings. The van der Waals surface area contributed by atoms with Crippen LogP contribution in [0.1, 0.15) is 11.3 Å². The second-order valence-electron chi connectivity index (χ2n) is 5.65. The average Bonchev–Trinajstić information content (AvgIpc) is 2.95. The van der Waals surface area contributed by atoms with Crippen LogP contribution in [0.4, 0.5) is 0 Å². The summed E-state index contributed by atoms with van der Waals surface area (Å²) in [5.74, 6) is 0. The molecule has 0 amide bonds. The van der Waals surface area contributed by atoms with Crippen molar-refractivity contribution < 1.29 is 0 Å². The van der Waals surface area contributed by atoms with Crippen molar-refractivity contribution in [1.29, 1.82) is 0 Å². The van der Waals surface area contributed by atoms with E-state index in [2.05, 4.69) is 34.1 Å². The maximum absolute atomic E-state index is 6.03. The highest BCUT2D eigenvalue weighted by atomic mass is 35.5. The van der Waals surface area contributed by atoms with Crippen molar-refractivity contribution in [2.45, 2.75) is 13.0 Å². The molecule has 3 aromatic rings. The molecule has 0 saturated heterocycles. The SMILES string of the molecule is NCCN(CCc1ccccc1)Cc1cn2cc(Cl)ccc2n1. The van der Waals surface area contributed by atoms with Crippen LogP contribution in [-0.2, 0) is 13.0 Å². The number of nitrogens with two attached hydrogens (primary N) is 1. The van der Waals surface area contributed by atoms with Crippen LogP contribution >= 0.6 is 11.6 Å². The van der Waals surface area contributed by atoms with E-state index in [0.29, 0.717) is 11.6 Å². The lowest BCUT2D eigenvalue weighted by Gasteiger charge is -2.20. The minimum Gasteiger partial charge on any atom is -0.329 e. The van der Waals surface area contributed by atoms with Crippen molar-refractivity contribution in [2.75, 3.05) is 19.6 Å². The number of hydrogen-bond acceptors (Lipinski definition) is 3. The Morgan fingerprint density at radius 1 is 1.04 bits per heavy atom. The number of halogens is 1. The first-order valence-electron chi connectivity index (χ1n) is 7.84. The molecule has 0 fully saturated rings. The fourth-order valence-corrected chi connectivity index (χ4v) is 2.88. The van der Waals surface area contributed by atoms with Gasteiger partial charge in [0.15, 0.2) is 0 Å². The molecule has 0 aliphatic carbocycles. The highest BCUT2D eigenvalue weighted by Crippen LogP contribution is 2.13. The third-order valence-corrected chi connectivity index (χ3v) is 4.08. The standard InChI is InChI=1S/C18H21ClN4/c19-16-6-7-18-21-17(14-23(18)12-16)13-22(11-9-20)10-8-15-4-2-1-3-5-15/h1-7,12,14H,8-11,13,20H2. The molecule has 2 aromatic heterocycles. The van der Waals surface area contributed by atoms with E-state index in [-0.39, 0.29) is 0 Å². The van der Waals surface area contributed by atoms with E-state index < -0.39 is 0 Å². The molecule has 23 heavy (non-hydrogen) atoms. The molecule has 4 nitrogen and oxygen atoms in total. The maximum atomic E-state index is 6.03. The number of imidazole rings is 1. The predicted molar refractivity (Wildman–Crippen MR) is 94.7 cm³/mol. The van der Waals surface area contributed by atoms with Gasteiger partial charge in [0.1, 0.15) is 5.65 Å². The maximum Gasteiger partial charge on any atom is 0.137 e. The van der Waals surface area contributed by atoms with Crippen LogP contribution in [0.3, 0.4) is 0 Å². The molecule has 2 heterocycles. The molecule has 5 heteroatoms. The molecule has 0 spiro atoms. The van der Waals surface area contributed by atoms with Crippen LogP contribution in [0.5, 0.6) is 0 Å². The van der Waals surface area contributed by atoms with Crippen molar-refractivity contribution in [3.05, 3.63) is 71.1 Å². The lowest BCUT2D eigenvalue weighted by molar-refractivity contribution is 0.273. The molecule has 0 bridgehead atoms. The van der Waals surface area contributed by atoms with E-state index in [1.54, 1.807) is 0 Å². The minimum absolute atomic E-state index is 0.647. The van der Waals surface area contributed by atoms with Crippen LogP contribution in [0.25, 0.3) is 5.65 Å². The third kappa shape index (κ3) is 4.32. The molecular formula is C18H21ClN4. The molecule has 0 radical (unpaired) electrons. The van der Waals surface area contributed by atoms with Gasteiger partial charge >= 0.3 is 0 Å². The van der Waals surface area contributed by atoms with Crippen molar-refractivity contribution in [3.63, 3.8) is 0 Å². The van der Waals surface area contributed by atoms with Crippen molar-refractivity contribution in [3.8, 4) is 0 Å². The molecule has 0 atom stereocenters. The molecule has 2 N–H and O–H groups in total. The number of nitrogens with zero attached hydrogens (tertiary/aromatic N) is 3. The van der Waals surface area contributed by atoms with E-state index in [1.165, 1.54) is 5.56 Å². The van der Waals surface area contributed by atoms with Gasteiger partial charge in [-0.05, 0) is 24.1 Å². The lowest BCUT2D eigenvalue weighted by Crippen LogP contribution is -2.31. The first-order valence-corrected chi connectivity index (χ1v) is 8.22. The smallest absolute Gasteiger partial charge is 0.137 e. The van der Waals surface area contributed by atoms with E-state index in [1.807, 2.05) is 35.0 Å². The summed E-state index contributed by atoms with van der Waals surface area (Å²) < 4.78 is 1.97. The number of pyridine rings is 1.